The van der Waals surface area contributed by atoms with E-state index < -0.39 is 0 Å². The summed E-state index contributed by atoms with van der Waals surface area (Å²) in [4.78, 5) is 0. The van der Waals surface area contributed by atoms with Crippen molar-refractivity contribution in [2.75, 3.05) is 20.3 Å². The number of nitrogens with one attached hydrogen (secondary N) is 1. The molecule has 0 aliphatic heterocycles. The summed E-state index contributed by atoms with van der Waals surface area (Å²) in [6, 6.07) is 0.941. The van der Waals surface area contributed by atoms with Crippen molar-refractivity contribution < 1.29 is 9.84 Å². The summed E-state index contributed by atoms with van der Waals surface area (Å²) in [6.07, 6.45) is 6.03. The molecule has 1 aliphatic carbocycles. The molecule has 0 amide bonds. The van der Waals surface area contributed by atoms with Crippen LogP contribution in [0.25, 0.3) is 0 Å². The van der Waals surface area contributed by atoms with Crippen LogP contribution in [0.2, 0.25) is 0 Å². The molecule has 90 valence electrons. The van der Waals surface area contributed by atoms with Gasteiger partial charge in [-0.05, 0) is 25.2 Å². The van der Waals surface area contributed by atoms with E-state index in [9.17, 15) is 0 Å². The molecule has 0 spiro atoms. The van der Waals surface area contributed by atoms with Gasteiger partial charge in [0.05, 0.1) is 6.61 Å². The van der Waals surface area contributed by atoms with Crippen molar-refractivity contribution in [3.63, 3.8) is 0 Å². The molecule has 1 fully saturated rings. The first-order valence-electron chi connectivity index (χ1n) is 6.12. The summed E-state index contributed by atoms with van der Waals surface area (Å²) in [5.74, 6) is 0.841. The van der Waals surface area contributed by atoms with Crippen molar-refractivity contribution in [2.45, 2.75) is 51.1 Å². The molecule has 0 heterocycles. The quantitative estimate of drug-likeness (QED) is 0.706. The topological polar surface area (TPSA) is 41.5 Å². The smallest absolute Gasteiger partial charge is 0.0616 e. The molecule has 0 bridgehead atoms. The first-order valence-corrected chi connectivity index (χ1v) is 6.12. The van der Waals surface area contributed by atoms with Gasteiger partial charge in [0.1, 0.15) is 0 Å². The molecule has 1 saturated carbocycles. The fourth-order valence-corrected chi connectivity index (χ4v) is 2.49. The van der Waals surface area contributed by atoms with E-state index in [0.29, 0.717) is 18.7 Å². The normalized spacial score (nSPS) is 29.0. The number of rotatable bonds is 6. The van der Waals surface area contributed by atoms with Crippen LogP contribution in [-0.2, 0) is 4.74 Å². The van der Waals surface area contributed by atoms with E-state index >= 15 is 0 Å². The van der Waals surface area contributed by atoms with Gasteiger partial charge in [-0.25, -0.2) is 0 Å². The highest BCUT2D eigenvalue weighted by Gasteiger charge is 2.21. The highest BCUT2D eigenvalue weighted by molar-refractivity contribution is 4.79. The highest BCUT2D eigenvalue weighted by Crippen LogP contribution is 2.23. The maximum Gasteiger partial charge on any atom is 0.0616 e. The SMILES string of the molecule is COCC(CCO)NC1CCCC(C)C1. The van der Waals surface area contributed by atoms with Crippen LogP contribution in [0.3, 0.4) is 0 Å². The first kappa shape index (κ1) is 12.9. The Kier molecular flexibility index (Phi) is 6.22. The molecule has 3 nitrogen and oxygen atoms in total. The second kappa shape index (κ2) is 7.20. The third kappa shape index (κ3) is 4.96. The fourth-order valence-electron chi connectivity index (χ4n) is 2.49. The van der Waals surface area contributed by atoms with Crippen molar-refractivity contribution >= 4 is 0 Å². The molecule has 0 aromatic rings. The number of ether oxygens (including phenoxy) is 1. The van der Waals surface area contributed by atoms with E-state index in [0.717, 1.165) is 12.3 Å². The Balaban J connectivity index is 2.28. The zero-order valence-electron chi connectivity index (χ0n) is 10.0. The number of methoxy groups -OCH3 is 1. The van der Waals surface area contributed by atoms with Crippen LogP contribution < -0.4 is 5.32 Å². The molecular weight excluding hydrogens is 190 g/mol. The van der Waals surface area contributed by atoms with Gasteiger partial charge in [-0.15, -0.1) is 0 Å². The number of hydrogen-bond donors (Lipinski definition) is 2. The summed E-state index contributed by atoms with van der Waals surface area (Å²) < 4.78 is 5.15. The van der Waals surface area contributed by atoms with E-state index in [1.54, 1.807) is 7.11 Å². The van der Waals surface area contributed by atoms with Gasteiger partial charge in [0.15, 0.2) is 0 Å². The summed E-state index contributed by atoms with van der Waals surface area (Å²) in [7, 11) is 1.72. The van der Waals surface area contributed by atoms with Crippen LogP contribution in [0.1, 0.15) is 39.0 Å². The van der Waals surface area contributed by atoms with Crippen LogP contribution in [0.4, 0.5) is 0 Å². The molecule has 15 heavy (non-hydrogen) atoms. The molecule has 2 N–H and O–H groups in total. The van der Waals surface area contributed by atoms with Crippen LogP contribution >= 0.6 is 0 Å². The fraction of sp³-hybridized carbons (Fsp3) is 1.00. The Morgan fingerprint density at radius 1 is 1.47 bits per heavy atom. The maximum atomic E-state index is 8.95. The van der Waals surface area contributed by atoms with Gasteiger partial charge >= 0.3 is 0 Å². The van der Waals surface area contributed by atoms with Crippen molar-refractivity contribution in [3.05, 3.63) is 0 Å². The monoisotopic (exact) mass is 215 g/mol. The number of aliphatic hydroxyl groups is 1. The summed E-state index contributed by atoms with van der Waals surface area (Å²) in [5, 5.41) is 12.6. The molecule has 0 aromatic heterocycles. The Morgan fingerprint density at radius 2 is 2.27 bits per heavy atom. The zero-order chi connectivity index (χ0) is 11.1. The van der Waals surface area contributed by atoms with Crippen molar-refractivity contribution in [1.82, 2.24) is 5.32 Å². The van der Waals surface area contributed by atoms with Crippen LogP contribution in [0, 0.1) is 5.92 Å². The van der Waals surface area contributed by atoms with Gasteiger partial charge in [-0.2, -0.15) is 0 Å². The number of hydrogen-bond acceptors (Lipinski definition) is 3. The third-order valence-corrected chi connectivity index (χ3v) is 3.25. The Labute approximate surface area is 93.2 Å². The molecule has 1 rings (SSSR count). The first-order chi connectivity index (χ1) is 7.26. The second-order valence-corrected chi connectivity index (χ2v) is 4.80. The number of aliphatic hydroxyl groups excluding tert-OH is 1. The lowest BCUT2D eigenvalue weighted by atomic mass is 9.86. The van der Waals surface area contributed by atoms with Gasteiger partial charge in [-0.1, -0.05) is 19.8 Å². The Morgan fingerprint density at radius 3 is 2.87 bits per heavy atom. The van der Waals surface area contributed by atoms with Crippen LogP contribution in [0.15, 0.2) is 0 Å². The lowest BCUT2D eigenvalue weighted by Crippen LogP contribution is -2.43. The molecule has 0 radical (unpaired) electrons. The Hall–Kier alpha value is -0.120. The van der Waals surface area contributed by atoms with Crippen molar-refractivity contribution in [2.24, 2.45) is 5.92 Å². The minimum Gasteiger partial charge on any atom is -0.396 e. The average molecular weight is 215 g/mol. The van der Waals surface area contributed by atoms with Gasteiger partial charge < -0.3 is 15.2 Å². The largest absolute Gasteiger partial charge is 0.396 e. The minimum absolute atomic E-state index is 0.239. The molecule has 0 aromatic carbocycles. The van der Waals surface area contributed by atoms with Gasteiger partial charge in [0, 0.05) is 25.8 Å². The molecule has 3 atom stereocenters. The minimum atomic E-state index is 0.239. The van der Waals surface area contributed by atoms with E-state index in [1.807, 2.05) is 0 Å². The molecule has 1 aliphatic rings. The summed E-state index contributed by atoms with van der Waals surface area (Å²) >= 11 is 0. The zero-order valence-corrected chi connectivity index (χ0v) is 10.0. The van der Waals surface area contributed by atoms with Gasteiger partial charge in [0.2, 0.25) is 0 Å². The predicted octanol–water partition coefficient (Wildman–Crippen LogP) is 1.55. The predicted molar refractivity (Wildman–Crippen MR) is 61.9 cm³/mol. The lowest BCUT2D eigenvalue weighted by molar-refractivity contribution is 0.134. The second-order valence-electron chi connectivity index (χ2n) is 4.80. The van der Waals surface area contributed by atoms with Crippen LogP contribution in [-0.4, -0.2) is 37.5 Å². The van der Waals surface area contributed by atoms with E-state index in [4.69, 9.17) is 9.84 Å². The molecule has 3 unspecified atom stereocenters. The highest BCUT2D eigenvalue weighted by atomic mass is 16.5. The van der Waals surface area contributed by atoms with Crippen molar-refractivity contribution in [3.8, 4) is 0 Å². The van der Waals surface area contributed by atoms with E-state index in [-0.39, 0.29) is 6.61 Å². The van der Waals surface area contributed by atoms with Crippen molar-refractivity contribution in [1.29, 1.82) is 0 Å². The molecule has 0 saturated heterocycles. The Bertz CT molecular complexity index is 155. The molecular formula is C12H25NO2. The average Bonchev–Trinajstić information content (AvgIpc) is 2.18. The summed E-state index contributed by atoms with van der Waals surface area (Å²) in [5.41, 5.74) is 0. The van der Waals surface area contributed by atoms with Crippen LogP contribution in [0.5, 0.6) is 0 Å². The lowest BCUT2D eigenvalue weighted by Gasteiger charge is -2.31. The van der Waals surface area contributed by atoms with E-state index in [1.165, 1.54) is 25.7 Å². The maximum absolute atomic E-state index is 8.95. The third-order valence-electron chi connectivity index (χ3n) is 3.25. The van der Waals surface area contributed by atoms with Gasteiger partial charge in [0.25, 0.3) is 0 Å². The summed E-state index contributed by atoms with van der Waals surface area (Å²) in [6.45, 7) is 3.26. The molecule has 3 heteroatoms. The van der Waals surface area contributed by atoms with E-state index in [2.05, 4.69) is 12.2 Å². The van der Waals surface area contributed by atoms with Gasteiger partial charge in [-0.3, -0.25) is 0 Å². The standard InChI is InChI=1S/C12H25NO2/c1-10-4-3-5-11(8-10)13-12(6-7-14)9-15-2/h10-14H,3-9H2,1-2H3.